The summed E-state index contributed by atoms with van der Waals surface area (Å²) < 4.78 is 25.9. The van der Waals surface area contributed by atoms with Crippen LogP contribution in [0.3, 0.4) is 0 Å². The molecule has 0 N–H and O–H groups in total. The highest BCUT2D eigenvalue weighted by atomic mass is 35.5. The minimum absolute atomic E-state index is 0.0267. The molecule has 0 aliphatic rings. The van der Waals surface area contributed by atoms with Gasteiger partial charge in [-0.05, 0) is 43.0 Å². The van der Waals surface area contributed by atoms with Crippen molar-refractivity contribution in [1.29, 1.82) is 0 Å². The third-order valence-corrected chi connectivity index (χ3v) is 5.37. The van der Waals surface area contributed by atoms with E-state index in [4.69, 9.17) is 15.7 Å². The van der Waals surface area contributed by atoms with Crippen molar-refractivity contribution in [1.82, 2.24) is 14.5 Å². The number of hydrogen-bond acceptors (Lipinski definition) is 3. The summed E-state index contributed by atoms with van der Waals surface area (Å²) in [4.78, 5) is 21.7. The Morgan fingerprint density at radius 1 is 1.14 bits per heavy atom. The van der Waals surface area contributed by atoms with E-state index in [1.54, 1.807) is 13.1 Å². The Bertz CT molecular complexity index is 1340. The highest BCUT2D eigenvalue weighted by Crippen LogP contribution is 2.26. The van der Waals surface area contributed by atoms with E-state index in [-0.39, 0.29) is 35.1 Å². The van der Waals surface area contributed by atoms with Crippen LogP contribution in [-0.2, 0) is 13.5 Å². The topological polar surface area (TPSA) is 47.8 Å². The van der Waals surface area contributed by atoms with Gasteiger partial charge in [0.1, 0.15) is 5.82 Å². The summed E-state index contributed by atoms with van der Waals surface area (Å²) in [6.07, 6.45) is 3.50. The van der Waals surface area contributed by atoms with Crippen LogP contribution in [0.15, 0.2) is 54.8 Å². The van der Waals surface area contributed by atoms with Crippen LogP contribution < -0.4 is 0 Å². The van der Waals surface area contributed by atoms with Gasteiger partial charge in [-0.15, -0.1) is 0 Å². The smallest absolute Gasteiger partial charge is 0.170 e. The summed E-state index contributed by atoms with van der Waals surface area (Å²) in [5.74, 6) is 0.527. The quantitative estimate of drug-likeness (QED) is 0.441. The van der Waals surface area contributed by atoms with Gasteiger partial charge in [-0.3, -0.25) is 9.78 Å². The molecule has 4 nitrogen and oxygen atoms in total. The van der Waals surface area contributed by atoms with Gasteiger partial charge in [0.15, 0.2) is 5.78 Å². The molecule has 0 spiro atoms. The van der Waals surface area contributed by atoms with Crippen LogP contribution in [0, 0.1) is 13.8 Å². The molecule has 2 aromatic heterocycles. The number of Topliss-reactive ketones (excluding diaryl/α,β-unsaturated/α-hetero) is 1. The third kappa shape index (κ3) is 3.32. The van der Waals surface area contributed by atoms with Gasteiger partial charge in [0.05, 0.1) is 27.4 Å². The Balaban J connectivity index is 1.71. The number of carbonyl (C=O) groups is 1. The molecule has 0 radical (unpaired) electrons. The zero-order chi connectivity index (χ0) is 22.4. The number of aryl methyl sites for hydroxylation is 1. The Hall–Kier alpha value is -2.98. The molecule has 28 heavy (non-hydrogen) atoms. The van der Waals surface area contributed by atoms with Gasteiger partial charge in [-0.25, -0.2) is 4.98 Å². The highest BCUT2D eigenvalue weighted by molar-refractivity contribution is 6.34. The first-order valence-corrected chi connectivity index (χ1v) is 9.23. The minimum Gasteiger partial charge on any atom is -0.331 e. The predicted octanol–water partition coefficient (Wildman–Crippen LogP) is 5.33. The van der Waals surface area contributed by atoms with Gasteiger partial charge in [-0.1, -0.05) is 35.8 Å². The lowest BCUT2D eigenvalue weighted by Gasteiger charge is -2.08. The molecule has 0 unspecified atom stereocenters. The summed E-state index contributed by atoms with van der Waals surface area (Å²) in [7, 11) is 1.96. The van der Waals surface area contributed by atoms with Gasteiger partial charge < -0.3 is 4.57 Å². The molecule has 4 aromatic rings. The van der Waals surface area contributed by atoms with Crippen molar-refractivity contribution in [3.05, 3.63) is 82.5 Å². The second-order valence-electron chi connectivity index (χ2n) is 6.78. The number of carbonyl (C=O) groups excluding carboxylic acids is 1. The van der Waals surface area contributed by atoms with Crippen molar-refractivity contribution in [2.45, 2.75) is 20.3 Å². The summed E-state index contributed by atoms with van der Waals surface area (Å²) in [5.41, 5.74) is 2.85. The molecule has 2 aromatic carbocycles. The van der Waals surface area contributed by atoms with Crippen LogP contribution in [-0.4, -0.2) is 20.3 Å². The van der Waals surface area contributed by atoms with Crippen molar-refractivity contribution in [3.63, 3.8) is 0 Å². The molecular formula is C23H20ClN3O. The average Bonchev–Trinajstić information content (AvgIpc) is 3.09. The lowest BCUT2D eigenvalue weighted by molar-refractivity contribution is 0.0992. The lowest BCUT2D eigenvalue weighted by Crippen LogP contribution is -2.06. The number of rotatable bonds is 4. The maximum absolute atomic E-state index is 12.9. The Kier molecular flexibility index (Phi) is 3.86. The normalized spacial score (nSPS) is 12.6. The number of fused-ring (bicyclic) bond motifs is 1. The van der Waals surface area contributed by atoms with Crippen LogP contribution in [0.1, 0.15) is 31.6 Å². The fourth-order valence-electron chi connectivity index (χ4n) is 3.14. The number of aromatic nitrogens is 3. The number of hydrogen-bond donors (Lipinski definition) is 0. The van der Waals surface area contributed by atoms with Crippen molar-refractivity contribution in [2.75, 3.05) is 0 Å². The van der Waals surface area contributed by atoms with E-state index < -0.39 is 5.78 Å². The fourth-order valence-corrected chi connectivity index (χ4v) is 3.34. The van der Waals surface area contributed by atoms with Crippen LogP contribution in [0.2, 0.25) is 5.02 Å². The van der Waals surface area contributed by atoms with Crippen LogP contribution in [0.4, 0.5) is 0 Å². The molecule has 0 saturated carbocycles. The molecule has 0 aliphatic heterocycles. The maximum Gasteiger partial charge on any atom is 0.170 e. The standard InChI is InChI=1S/C23H20ClN3O/c1-14-5-4-6-20(23(14)24)22(28)11-19-10-18-9-16(7-8-17(18)12-26-19)21-13-25-15(2)27(21)3/h4-10,12-13H,11H2,1-3H3/i4D,5D,6D. The SMILES string of the molecule is [2H]c1c([2H])c(C)c(Cl)c(C(=O)Cc2cc3cc(-c4cnc(C)n4C)ccc3cn2)c1[2H]. The predicted molar refractivity (Wildman–Crippen MR) is 113 cm³/mol. The molecule has 0 amide bonds. The second kappa shape index (κ2) is 7.21. The highest BCUT2D eigenvalue weighted by Gasteiger charge is 2.14. The molecule has 0 saturated heterocycles. The van der Waals surface area contributed by atoms with Crippen molar-refractivity contribution in [3.8, 4) is 11.3 Å². The molecular weight excluding hydrogens is 370 g/mol. The molecule has 2 heterocycles. The van der Waals surface area contributed by atoms with E-state index in [9.17, 15) is 4.79 Å². The molecule has 5 heteroatoms. The van der Waals surface area contributed by atoms with Crippen LogP contribution >= 0.6 is 11.6 Å². The maximum atomic E-state index is 12.9. The first-order chi connectivity index (χ1) is 14.7. The monoisotopic (exact) mass is 392 g/mol. The minimum atomic E-state index is -0.392. The van der Waals surface area contributed by atoms with Gasteiger partial charge >= 0.3 is 0 Å². The van der Waals surface area contributed by atoms with E-state index in [2.05, 4.69) is 9.97 Å². The van der Waals surface area contributed by atoms with Crippen molar-refractivity contribution in [2.24, 2.45) is 7.05 Å². The summed E-state index contributed by atoms with van der Waals surface area (Å²) in [6.45, 7) is 3.52. The Morgan fingerprint density at radius 2 is 1.96 bits per heavy atom. The number of benzene rings is 2. The third-order valence-electron chi connectivity index (χ3n) is 4.90. The molecule has 140 valence electrons. The Morgan fingerprint density at radius 3 is 2.71 bits per heavy atom. The van der Waals surface area contributed by atoms with E-state index in [1.807, 2.05) is 49.0 Å². The number of nitrogens with zero attached hydrogens (tertiary/aromatic N) is 3. The average molecular weight is 393 g/mol. The lowest BCUT2D eigenvalue weighted by atomic mass is 10.0. The summed E-state index contributed by atoms with van der Waals surface area (Å²) >= 11 is 6.26. The van der Waals surface area contributed by atoms with Crippen molar-refractivity contribution < 1.29 is 8.91 Å². The van der Waals surface area contributed by atoms with Crippen molar-refractivity contribution >= 4 is 28.2 Å². The van der Waals surface area contributed by atoms with Gasteiger partial charge in [-0.2, -0.15) is 0 Å². The molecule has 4 rings (SSSR count). The first-order valence-electron chi connectivity index (χ1n) is 10.4. The summed E-state index contributed by atoms with van der Waals surface area (Å²) in [6, 6.07) is 7.13. The van der Waals surface area contributed by atoms with Crippen LogP contribution in [0.25, 0.3) is 22.0 Å². The van der Waals surface area contributed by atoms with E-state index in [1.165, 1.54) is 0 Å². The van der Waals surface area contributed by atoms with Gasteiger partial charge in [0.25, 0.3) is 0 Å². The van der Waals surface area contributed by atoms with Gasteiger partial charge in [0, 0.05) is 35.5 Å². The zero-order valence-corrected chi connectivity index (χ0v) is 16.6. The van der Waals surface area contributed by atoms with Gasteiger partial charge in [0.2, 0.25) is 0 Å². The van der Waals surface area contributed by atoms with E-state index >= 15 is 0 Å². The number of halogens is 1. The largest absolute Gasteiger partial charge is 0.331 e. The summed E-state index contributed by atoms with van der Waals surface area (Å²) in [5, 5.41) is 1.94. The number of pyridine rings is 1. The van der Waals surface area contributed by atoms with E-state index in [0.717, 1.165) is 27.9 Å². The number of imidazole rings is 1. The number of ketones is 1. The van der Waals surface area contributed by atoms with Crippen LogP contribution in [0.5, 0.6) is 0 Å². The van der Waals surface area contributed by atoms with E-state index in [0.29, 0.717) is 11.3 Å². The molecule has 0 fully saturated rings. The first kappa shape index (κ1) is 15.0. The Labute approximate surface area is 173 Å². The fraction of sp³-hybridized carbons (Fsp3) is 0.174. The second-order valence-corrected chi connectivity index (χ2v) is 7.15. The molecule has 0 atom stereocenters. The molecule has 0 aliphatic carbocycles. The zero-order valence-electron chi connectivity index (χ0n) is 18.8. The molecule has 0 bridgehead atoms.